The summed E-state index contributed by atoms with van der Waals surface area (Å²) in [5.41, 5.74) is 1.05. The number of hydrogen-bond acceptors (Lipinski definition) is 2. The lowest BCUT2D eigenvalue weighted by Crippen LogP contribution is -2.45. The number of methoxy groups -OCH3 is 1. The van der Waals surface area contributed by atoms with E-state index in [0.717, 1.165) is 18.5 Å². The summed E-state index contributed by atoms with van der Waals surface area (Å²) in [5.74, 6) is 0.570. The molecule has 0 spiro atoms. The van der Waals surface area contributed by atoms with E-state index in [-0.39, 0.29) is 5.82 Å². The van der Waals surface area contributed by atoms with Crippen LogP contribution in [0.25, 0.3) is 0 Å². The van der Waals surface area contributed by atoms with Crippen LogP contribution in [0.2, 0.25) is 0 Å². The highest BCUT2D eigenvalue weighted by Crippen LogP contribution is 2.28. The normalized spacial score (nSPS) is 25.4. The minimum atomic E-state index is -0.269. The van der Waals surface area contributed by atoms with E-state index >= 15 is 0 Å². The number of hydrogen-bond donors (Lipinski definition) is 0. The van der Waals surface area contributed by atoms with E-state index in [1.807, 2.05) is 6.07 Å². The SMILES string of the molecule is COc1ccc(CC(C)C2CCC(Br)CN2C)cc1F. The van der Waals surface area contributed by atoms with Gasteiger partial charge in [0.2, 0.25) is 0 Å². The van der Waals surface area contributed by atoms with Gasteiger partial charge in [-0.15, -0.1) is 0 Å². The highest BCUT2D eigenvalue weighted by Gasteiger charge is 2.28. The molecule has 4 heteroatoms. The molecule has 0 bridgehead atoms. The first-order valence-electron chi connectivity index (χ1n) is 7.18. The summed E-state index contributed by atoms with van der Waals surface area (Å²) in [6.07, 6.45) is 3.32. The maximum absolute atomic E-state index is 13.7. The van der Waals surface area contributed by atoms with Crippen LogP contribution in [0.15, 0.2) is 18.2 Å². The number of alkyl halides is 1. The summed E-state index contributed by atoms with van der Waals surface area (Å²) in [7, 11) is 3.68. The van der Waals surface area contributed by atoms with Crippen molar-refractivity contribution in [3.8, 4) is 5.75 Å². The predicted octanol–water partition coefficient (Wildman–Crippen LogP) is 3.87. The highest BCUT2D eigenvalue weighted by atomic mass is 79.9. The van der Waals surface area contributed by atoms with Gasteiger partial charge < -0.3 is 9.64 Å². The molecular weight excluding hydrogens is 321 g/mol. The topological polar surface area (TPSA) is 12.5 Å². The molecule has 20 heavy (non-hydrogen) atoms. The molecule has 0 radical (unpaired) electrons. The first kappa shape index (κ1) is 15.8. The minimum Gasteiger partial charge on any atom is -0.494 e. The van der Waals surface area contributed by atoms with Crippen molar-refractivity contribution in [2.75, 3.05) is 20.7 Å². The fraction of sp³-hybridized carbons (Fsp3) is 0.625. The van der Waals surface area contributed by atoms with Crippen molar-refractivity contribution in [3.63, 3.8) is 0 Å². The molecule has 1 aliphatic heterocycles. The van der Waals surface area contributed by atoms with Crippen LogP contribution < -0.4 is 4.74 Å². The Morgan fingerprint density at radius 3 is 2.80 bits per heavy atom. The number of likely N-dealkylation sites (tertiary alicyclic amines) is 1. The zero-order chi connectivity index (χ0) is 14.7. The second kappa shape index (κ2) is 6.90. The number of nitrogens with zero attached hydrogens (tertiary/aromatic N) is 1. The molecule has 0 N–H and O–H groups in total. The molecule has 1 aliphatic rings. The zero-order valence-electron chi connectivity index (χ0n) is 12.4. The quantitative estimate of drug-likeness (QED) is 0.769. The van der Waals surface area contributed by atoms with Gasteiger partial charge in [0.05, 0.1) is 7.11 Å². The van der Waals surface area contributed by atoms with Gasteiger partial charge in [-0.1, -0.05) is 28.9 Å². The summed E-state index contributed by atoms with van der Waals surface area (Å²) in [4.78, 5) is 3.03. The number of piperidine rings is 1. The zero-order valence-corrected chi connectivity index (χ0v) is 14.0. The van der Waals surface area contributed by atoms with Crippen LogP contribution in [0.4, 0.5) is 4.39 Å². The van der Waals surface area contributed by atoms with Gasteiger partial charge >= 0.3 is 0 Å². The maximum Gasteiger partial charge on any atom is 0.165 e. The summed E-state index contributed by atoms with van der Waals surface area (Å²) in [6, 6.07) is 5.87. The van der Waals surface area contributed by atoms with Crippen LogP contribution in [0.3, 0.4) is 0 Å². The molecule has 0 amide bonds. The van der Waals surface area contributed by atoms with Crippen molar-refractivity contribution < 1.29 is 9.13 Å². The molecule has 112 valence electrons. The Hall–Kier alpha value is -0.610. The van der Waals surface area contributed by atoms with Gasteiger partial charge in [0.1, 0.15) is 0 Å². The smallest absolute Gasteiger partial charge is 0.165 e. The monoisotopic (exact) mass is 343 g/mol. The van der Waals surface area contributed by atoms with Crippen molar-refractivity contribution in [2.24, 2.45) is 5.92 Å². The van der Waals surface area contributed by atoms with Crippen LogP contribution in [0.1, 0.15) is 25.3 Å². The predicted molar refractivity (Wildman–Crippen MR) is 84.2 cm³/mol. The molecule has 2 nitrogen and oxygen atoms in total. The summed E-state index contributed by atoms with van der Waals surface area (Å²) in [6.45, 7) is 3.35. The number of benzene rings is 1. The van der Waals surface area contributed by atoms with Gasteiger partial charge in [0.15, 0.2) is 11.6 Å². The Balaban J connectivity index is 2.00. The van der Waals surface area contributed by atoms with Gasteiger partial charge in [-0.25, -0.2) is 4.39 Å². The Morgan fingerprint density at radius 2 is 2.20 bits per heavy atom. The lowest BCUT2D eigenvalue weighted by molar-refractivity contribution is 0.141. The van der Waals surface area contributed by atoms with E-state index in [4.69, 9.17) is 4.74 Å². The Morgan fingerprint density at radius 1 is 1.45 bits per heavy atom. The van der Waals surface area contributed by atoms with Gasteiger partial charge in [-0.2, -0.15) is 0 Å². The van der Waals surface area contributed by atoms with Gasteiger partial charge in [0, 0.05) is 17.4 Å². The number of ether oxygens (including phenoxy) is 1. The van der Waals surface area contributed by atoms with Gasteiger partial charge in [-0.05, 0) is 49.9 Å². The molecule has 0 saturated carbocycles. The van der Waals surface area contributed by atoms with Crippen molar-refractivity contribution in [1.29, 1.82) is 0 Å². The minimum absolute atomic E-state index is 0.269. The summed E-state index contributed by atoms with van der Waals surface area (Å²) < 4.78 is 18.7. The molecular formula is C16H23BrFNO. The van der Waals surface area contributed by atoms with Crippen LogP contribution in [-0.2, 0) is 6.42 Å². The Labute approximate surface area is 129 Å². The molecule has 1 aromatic rings. The van der Waals surface area contributed by atoms with E-state index in [1.54, 1.807) is 12.1 Å². The third kappa shape index (κ3) is 3.73. The number of halogens is 2. The summed E-state index contributed by atoms with van der Waals surface area (Å²) in [5, 5.41) is 0. The number of rotatable bonds is 4. The highest BCUT2D eigenvalue weighted by molar-refractivity contribution is 9.09. The third-order valence-corrected chi connectivity index (χ3v) is 5.01. The van der Waals surface area contributed by atoms with Crippen LogP contribution in [0, 0.1) is 11.7 Å². The maximum atomic E-state index is 13.7. The van der Waals surface area contributed by atoms with E-state index in [2.05, 4.69) is 34.8 Å². The fourth-order valence-electron chi connectivity index (χ4n) is 3.17. The van der Waals surface area contributed by atoms with Gasteiger partial charge in [0.25, 0.3) is 0 Å². The first-order chi connectivity index (χ1) is 9.51. The third-order valence-electron chi connectivity index (χ3n) is 4.26. The molecule has 1 heterocycles. The lowest BCUT2D eigenvalue weighted by atomic mass is 9.87. The Kier molecular flexibility index (Phi) is 5.44. The average molecular weight is 344 g/mol. The standard InChI is InChI=1S/C16H23BrFNO/c1-11(15-6-5-13(17)10-19(15)2)8-12-4-7-16(20-3)14(18)9-12/h4,7,9,11,13,15H,5-6,8,10H2,1-3H3. The average Bonchev–Trinajstić information content (AvgIpc) is 2.38. The largest absolute Gasteiger partial charge is 0.494 e. The van der Waals surface area contributed by atoms with Crippen LogP contribution in [0.5, 0.6) is 5.75 Å². The van der Waals surface area contributed by atoms with E-state index < -0.39 is 0 Å². The van der Waals surface area contributed by atoms with E-state index in [1.165, 1.54) is 20.0 Å². The molecule has 3 atom stereocenters. The summed E-state index contributed by atoms with van der Waals surface area (Å²) >= 11 is 3.69. The van der Waals surface area contributed by atoms with E-state index in [9.17, 15) is 4.39 Å². The fourth-order valence-corrected chi connectivity index (χ4v) is 3.90. The molecule has 1 fully saturated rings. The van der Waals surface area contributed by atoms with Crippen molar-refractivity contribution in [2.45, 2.75) is 37.1 Å². The molecule has 1 aromatic carbocycles. The van der Waals surface area contributed by atoms with Crippen molar-refractivity contribution in [1.82, 2.24) is 4.90 Å². The van der Waals surface area contributed by atoms with Crippen molar-refractivity contribution in [3.05, 3.63) is 29.6 Å². The molecule has 0 aliphatic carbocycles. The molecule has 2 rings (SSSR count). The van der Waals surface area contributed by atoms with Gasteiger partial charge in [-0.3, -0.25) is 0 Å². The van der Waals surface area contributed by atoms with Crippen LogP contribution >= 0.6 is 15.9 Å². The first-order valence-corrected chi connectivity index (χ1v) is 8.09. The molecule has 3 unspecified atom stereocenters. The second-order valence-corrected chi connectivity index (χ2v) is 7.13. The van der Waals surface area contributed by atoms with Crippen molar-refractivity contribution >= 4 is 15.9 Å². The van der Waals surface area contributed by atoms with E-state index in [0.29, 0.717) is 22.5 Å². The molecule has 1 saturated heterocycles. The lowest BCUT2D eigenvalue weighted by Gasteiger charge is -2.39. The second-order valence-electron chi connectivity index (χ2n) is 5.83. The Bertz CT molecular complexity index is 454. The molecule has 0 aromatic heterocycles. The van der Waals surface area contributed by atoms with Crippen LogP contribution in [-0.4, -0.2) is 36.5 Å².